The van der Waals surface area contributed by atoms with Crippen LogP contribution >= 0.6 is 0 Å². The molecule has 5 nitrogen and oxygen atoms in total. The molecule has 3 rings (SSSR count). The third-order valence-corrected chi connectivity index (χ3v) is 7.12. The van der Waals surface area contributed by atoms with Gasteiger partial charge in [0.25, 0.3) is 0 Å². The average molecular weight is 583 g/mol. The molecule has 5 heteroatoms. The number of unbranched alkanes of at least 4 members (excludes halogenated alkanes) is 10. The molecule has 0 aliphatic rings. The second kappa shape index (κ2) is 20.0. The zero-order valence-corrected chi connectivity index (χ0v) is 25.9. The Morgan fingerprint density at radius 3 is 1.53 bits per heavy atom. The van der Waals surface area contributed by atoms with Gasteiger partial charge in [-0.1, -0.05) is 89.9 Å². The Morgan fingerprint density at radius 2 is 0.953 bits per heavy atom. The highest BCUT2D eigenvalue weighted by molar-refractivity contribution is 5.91. The molecule has 0 saturated carbocycles. The summed E-state index contributed by atoms with van der Waals surface area (Å²) in [5.41, 5.74) is 2.57. The fourth-order valence-electron chi connectivity index (χ4n) is 4.50. The molecule has 0 bridgehead atoms. The predicted molar refractivity (Wildman–Crippen MR) is 173 cm³/mol. The molecule has 3 aromatic carbocycles. The van der Waals surface area contributed by atoms with Crippen molar-refractivity contribution in [3.63, 3.8) is 0 Å². The van der Waals surface area contributed by atoms with Gasteiger partial charge in [-0.2, -0.15) is 0 Å². The van der Waals surface area contributed by atoms with Crippen LogP contribution in [0.3, 0.4) is 0 Å². The van der Waals surface area contributed by atoms with E-state index in [4.69, 9.17) is 14.2 Å². The van der Waals surface area contributed by atoms with Gasteiger partial charge in [0.2, 0.25) is 0 Å². The summed E-state index contributed by atoms with van der Waals surface area (Å²) >= 11 is 0. The third kappa shape index (κ3) is 13.2. The zero-order chi connectivity index (χ0) is 30.5. The number of hydrogen-bond acceptors (Lipinski definition) is 5. The van der Waals surface area contributed by atoms with E-state index in [2.05, 4.69) is 25.7 Å². The molecule has 3 aromatic rings. The summed E-state index contributed by atoms with van der Waals surface area (Å²) in [5, 5.41) is 0. The molecular weight excluding hydrogens is 536 g/mol. The van der Waals surface area contributed by atoms with Crippen molar-refractivity contribution in [3.8, 4) is 23.3 Å². The van der Waals surface area contributed by atoms with Gasteiger partial charge in [-0.3, -0.25) is 0 Å². The Kier molecular flexibility index (Phi) is 15.5. The molecule has 0 aliphatic carbocycles. The molecule has 0 amide bonds. The van der Waals surface area contributed by atoms with Gasteiger partial charge in [0, 0.05) is 11.1 Å². The van der Waals surface area contributed by atoms with Crippen LogP contribution in [0.1, 0.15) is 123 Å². The van der Waals surface area contributed by atoms with Crippen molar-refractivity contribution in [3.05, 3.63) is 95.1 Å². The molecule has 0 unspecified atom stereocenters. The van der Waals surface area contributed by atoms with Gasteiger partial charge in [0.1, 0.15) is 11.5 Å². The van der Waals surface area contributed by atoms with Crippen LogP contribution < -0.4 is 9.47 Å². The largest absolute Gasteiger partial charge is 0.494 e. The lowest BCUT2D eigenvalue weighted by Crippen LogP contribution is -2.08. The molecular formula is C38H46O5. The lowest BCUT2D eigenvalue weighted by atomic mass is 10.1. The van der Waals surface area contributed by atoms with Gasteiger partial charge in [0.05, 0.1) is 24.3 Å². The fourth-order valence-corrected chi connectivity index (χ4v) is 4.50. The molecule has 0 saturated heterocycles. The summed E-state index contributed by atoms with van der Waals surface area (Å²) in [6, 6.07) is 21.2. The molecule has 0 spiro atoms. The molecule has 43 heavy (non-hydrogen) atoms. The van der Waals surface area contributed by atoms with Crippen molar-refractivity contribution in [1.29, 1.82) is 0 Å². The SMILES string of the molecule is CCCCCCCCOC(=O)c1ccc(C#Cc2ccc(OC(=O)c3ccc(OCCCCCCCC)cc3)cc2)cc1. The minimum Gasteiger partial charge on any atom is -0.494 e. The average Bonchev–Trinajstić information content (AvgIpc) is 3.04. The molecule has 0 radical (unpaired) electrons. The number of rotatable bonds is 18. The number of hydrogen-bond donors (Lipinski definition) is 0. The maximum atomic E-state index is 12.6. The Morgan fingerprint density at radius 1 is 0.512 bits per heavy atom. The summed E-state index contributed by atoms with van der Waals surface area (Å²) in [6.07, 6.45) is 14.2. The highest BCUT2D eigenvalue weighted by atomic mass is 16.5. The van der Waals surface area contributed by atoms with E-state index in [1.165, 1.54) is 57.8 Å². The van der Waals surface area contributed by atoms with Crippen LogP contribution in [0.5, 0.6) is 11.5 Å². The lowest BCUT2D eigenvalue weighted by molar-refractivity contribution is 0.0497. The Balaban J connectivity index is 1.40. The summed E-state index contributed by atoms with van der Waals surface area (Å²) in [6.45, 7) is 5.56. The van der Waals surface area contributed by atoms with Gasteiger partial charge in [-0.05, 0) is 85.6 Å². The van der Waals surface area contributed by atoms with E-state index >= 15 is 0 Å². The lowest BCUT2D eigenvalue weighted by Gasteiger charge is -2.08. The fraction of sp³-hybridized carbons (Fsp3) is 0.421. The van der Waals surface area contributed by atoms with Crippen LogP contribution in [0.2, 0.25) is 0 Å². The molecule has 0 heterocycles. The van der Waals surface area contributed by atoms with Crippen LogP contribution in [0.25, 0.3) is 0 Å². The van der Waals surface area contributed by atoms with E-state index < -0.39 is 5.97 Å². The van der Waals surface area contributed by atoms with E-state index in [1.54, 1.807) is 48.5 Å². The van der Waals surface area contributed by atoms with Gasteiger partial charge >= 0.3 is 11.9 Å². The molecule has 0 N–H and O–H groups in total. The van der Waals surface area contributed by atoms with E-state index in [-0.39, 0.29) is 5.97 Å². The summed E-state index contributed by atoms with van der Waals surface area (Å²) in [4.78, 5) is 24.8. The van der Waals surface area contributed by atoms with Crippen molar-refractivity contribution in [2.45, 2.75) is 90.9 Å². The maximum Gasteiger partial charge on any atom is 0.343 e. The normalized spacial score (nSPS) is 10.5. The topological polar surface area (TPSA) is 61.8 Å². The van der Waals surface area contributed by atoms with Crippen LogP contribution in [0.15, 0.2) is 72.8 Å². The molecule has 0 fully saturated rings. The first kappa shape index (κ1) is 33.5. The van der Waals surface area contributed by atoms with E-state index in [9.17, 15) is 9.59 Å². The number of carbonyl (C=O) groups is 2. The van der Waals surface area contributed by atoms with Crippen LogP contribution in [-0.4, -0.2) is 25.2 Å². The van der Waals surface area contributed by atoms with Crippen molar-refractivity contribution in [1.82, 2.24) is 0 Å². The molecule has 0 aromatic heterocycles. The monoisotopic (exact) mass is 582 g/mol. The van der Waals surface area contributed by atoms with Crippen molar-refractivity contribution >= 4 is 11.9 Å². The van der Waals surface area contributed by atoms with Gasteiger partial charge < -0.3 is 14.2 Å². The quantitative estimate of drug-likeness (QED) is 0.0647. The minimum absolute atomic E-state index is 0.300. The van der Waals surface area contributed by atoms with E-state index in [0.717, 1.165) is 36.1 Å². The highest BCUT2D eigenvalue weighted by Gasteiger charge is 2.09. The van der Waals surface area contributed by atoms with Crippen molar-refractivity contribution in [2.75, 3.05) is 13.2 Å². The highest BCUT2D eigenvalue weighted by Crippen LogP contribution is 2.17. The molecule has 228 valence electrons. The number of carbonyl (C=O) groups excluding carboxylic acids is 2. The van der Waals surface area contributed by atoms with Gasteiger partial charge in [-0.15, -0.1) is 0 Å². The summed E-state index contributed by atoms with van der Waals surface area (Å²) < 4.78 is 16.7. The molecule has 0 aliphatic heterocycles. The second-order valence-corrected chi connectivity index (χ2v) is 10.8. The van der Waals surface area contributed by atoms with Crippen molar-refractivity contribution in [2.24, 2.45) is 0 Å². The van der Waals surface area contributed by atoms with E-state index in [1.807, 2.05) is 24.3 Å². The number of esters is 2. The zero-order valence-electron chi connectivity index (χ0n) is 25.9. The smallest absolute Gasteiger partial charge is 0.343 e. The van der Waals surface area contributed by atoms with Crippen molar-refractivity contribution < 1.29 is 23.8 Å². The van der Waals surface area contributed by atoms with E-state index in [0.29, 0.717) is 30.1 Å². The van der Waals surface area contributed by atoms with Crippen LogP contribution in [0, 0.1) is 11.8 Å². The Hall–Kier alpha value is -4.04. The second-order valence-electron chi connectivity index (χ2n) is 10.8. The summed E-state index contributed by atoms with van der Waals surface area (Å²) in [7, 11) is 0. The first-order valence-corrected chi connectivity index (χ1v) is 15.9. The summed E-state index contributed by atoms with van der Waals surface area (Å²) in [5.74, 6) is 6.68. The van der Waals surface area contributed by atoms with Crippen LogP contribution in [0.4, 0.5) is 0 Å². The minimum atomic E-state index is -0.424. The predicted octanol–water partition coefficient (Wildman–Crippen LogP) is 9.56. The standard InChI is InChI=1S/C38H46O5/c1-3-5-7-9-11-13-29-41-35-27-23-34(24-28-35)38(40)43-36-25-19-32(20-26-36)16-15-31-17-21-33(22-18-31)37(39)42-30-14-12-10-8-6-4-2/h17-28H,3-14,29-30H2,1-2H3. The first-order valence-electron chi connectivity index (χ1n) is 15.9. The third-order valence-electron chi connectivity index (χ3n) is 7.12. The Bertz CT molecular complexity index is 1280. The number of ether oxygens (including phenoxy) is 3. The van der Waals surface area contributed by atoms with Crippen LogP contribution in [-0.2, 0) is 4.74 Å². The van der Waals surface area contributed by atoms with Gasteiger partial charge in [0.15, 0.2) is 0 Å². The Labute approximate surface area is 258 Å². The van der Waals surface area contributed by atoms with Gasteiger partial charge in [-0.25, -0.2) is 9.59 Å². The molecule has 0 atom stereocenters. The first-order chi connectivity index (χ1) is 21.1. The number of benzene rings is 3. The maximum absolute atomic E-state index is 12.6.